The standard InChI is InChI=1S/C19H24O7/c1-9(2)16(20)25-13-7-19-14(26-19)5-4-11(8-23-18(19)22)6-12-15(13)10(3)17(21)24-12/h6,9,12-15,18,22H,3-5,7-8H2,1-2H3. The number of carbonyl (C=O) groups excluding carboxylic acids is 2. The highest BCUT2D eigenvalue weighted by molar-refractivity contribution is 5.91. The molecule has 6 unspecified atom stereocenters. The van der Waals surface area contributed by atoms with Crippen LogP contribution in [0.5, 0.6) is 0 Å². The summed E-state index contributed by atoms with van der Waals surface area (Å²) in [5, 5.41) is 10.5. The average molecular weight is 364 g/mol. The molecule has 1 spiro atoms. The third kappa shape index (κ3) is 2.78. The fourth-order valence-electron chi connectivity index (χ4n) is 4.13. The van der Waals surface area contributed by atoms with E-state index in [1.807, 2.05) is 6.08 Å². The number of aliphatic hydroxyl groups excluding tert-OH is 1. The molecular formula is C19H24O7. The molecule has 5 aliphatic rings. The first-order valence-electron chi connectivity index (χ1n) is 9.09. The molecule has 0 aromatic heterocycles. The van der Waals surface area contributed by atoms with Gasteiger partial charge in [-0.2, -0.15) is 0 Å². The Morgan fingerprint density at radius 2 is 2.23 bits per heavy atom. The van der Waals surface area contributed by atoms with Gasteiger partial charge in [-0.1, -0.05) is 20.4 Å². The van der Waals surface area contributed by atoms with Gasteiger partial charge in [0, 0.05) is 12.0 Å². The molecule has 7 heteroatoms. The highest BCUT2D eigenvalue weighted by Gasteiger charge is 2.65. The van der Waals surface area contributed by atoms with Crippen LogP contribution >= 0.6 is 0 Å². The predicted molar refractivity (Wildman–Crippen MR) is 88.7 cm³/mol. The molecule has 6 atom stereocenters. The van der Waals surface area contributed by atoms with Crippen LogP contribution < -0.4 is 0 Å². The normalized spacial score (nSPS) is 41.7. The lowest BCUT2D eigenvalue weighted by Gasteiger charge is -2.33. The van der Waals surface area contributed by atoms with E-state index in [0.717, 1.165) is 18.4 Å². The van der Waals surface area contributed by atoms with Crippen LogP contribution in [0.25, 0.3) is 0 Å². The maximum Gasteiger partial charge on any atom is 0.334 e. The van der Waals surface area contributed by atoms with Gasteiger partial charge in [0.15, 0.2) is 6.29 Å². The van der Waals surface area contributed by atoms with E-state index in [9.17, 15) is 14.7 Å². The van der Waals surface area contributed by atoms with Crippen molar-refractivity contribution in [2.24, 2.45) is 11.8 Å². The van der Waals surface area contributed by atoms with Crippen molar-refractivity contribution in [3.63, 3.8) is 0 Å². The number of rotatable bonds is 2. The summed E-state index contributed by atoms with van der Waals surface area (Å²) < 4.78 is 22.7. The van der Waals surface area contributed by atoms with E-state index in [1.54, 1.807) is 13.8 Å². The molecule has 3 fully saturated rings. The van der Waals surface area contributed by atoms with E-state index in [0.29, 0.717) is 0 Å². The third-order valence-electron chi connectivity index (χ3n) is 5.74. The summed E-state index contributed by atoms with van der Waals surface area (Å²) in [6, 6.07) is 0. The zero-order valence-electron chi connectivity index (χ0n) is 15.0. The quantitative estimate of drug-likeness (QED) is 0.341. The van der Waals surface area contributed by atoms with Gasteiger partial charge in [-0.15, -0.1) is 0 Å². The topological polar surface area (TPSA) is 94.6 Å². The molecule has 0 radical (unpaired) electrons. The molecule has 1 N–H and O–H groups in total. The molecule has 4 heterocycles. The van der Waals surface area contributed by atoms with Gasteiger partial charge in [0.25, 0.3) is 0 Å². The van der Waals surface area contributed by atoms with Crippen LogP contribution in [0.4, 0.5) is 0 Å². The molecule has 142 valence electrons. The van der Waals surface area contributed by atoms with E-state index in [1.165, 1.54) is 0 Å². The van der Waals surface area contributed by atoms with Crippen LogP contribution in [0.1, 0.15) is 33.1 Å². The van der Waals surface area contributed by atoms with Gasteiger partial charge in [-0.05, 0) is 24.5 Å². The van der Waals surface area contributed by atoms with Crippen molar-refractivity contribution in [3.05, 3.63) is 23.8 Å². The van der Waals surface area contributed by atoms with Crippen LogP contribution in [0.15, 0.2) is 23.8 Å². The first-order valence-corrected chi connectivity index (χ1v) is 9.09. The Morgan fingerprint density at radius 1 is 1.46 bits per heavy atom. The molecule has 1 aliphatic carbocycles. The fourth-order valence-corrected chi connectivity index (χ4v) is 4.13. The number of hydrogen-bond acceptors (Lipinski definition) is 7. The second-order valence-electron chi connectivity index (χ2n) is 7.84. The van der Waals surface area contributed by atoms with Crippen molar-refractivity contribution in [3.8, 4) is 0 Å². The fraction of sp³-hybridized carbons (Fsp3) is 0.684. The number of carbonyl (C=O) groups is 2. The number of esters is 2. The molecule has 0 saturated carbocycles. The van der Waals surface area contributed by atoms with E-state index in [-0.39, 0.29) is 36.6 Å². The molecule has 7 nitrogen and oxygen atoms in total. The second kappa shape index (κ2) is 6.18. The van der Waals surface area contributed by atoms with Crippen molar-refractivity contribution >= 4 is 11.9 Å². The first kappa shape index (κ1) is 17.7. The first-order chi connectivity index (χ1) is 12.3. The van der Waals surface area contributed by atoms with Gasteiger partial charge in [-0.3, -0.25) is 4.79 Å². The minimum absolute atomic E-state index is 0.163. The number of hydrogen-bond donors (Lipinski definition) is 1. The molecule has 5 rings (SSSR count). The summed E-state index contributed by atoms with van der Waals surface area (Å²) in [4.78, 5) is 24.4. The molecule has 3 saturated heterocycles. The summed E-state index contributed by atoms with van der Waals surface area (Å²) >= 11 is 0. The van der Waals surface area contributed by atoms with Crippen molar-refractivity contribution in [2.75, 3.05) is 6.61 Å². The summed E-state index contributed by atoms with van der Waals surface area (Å²) in [6.07, 6.45) is 1.05. The van der Waals surface area contributed by atoms with Crippen molar-refractivity contribution < 1.29 is 33.6 Å². The largest absolute Gasteiger partial charge is 0.461 e. The van der Waals surface area contributed by atoms with Gasteiger partial charge in [0.2, 0.25) is 0 Å². The Hall–Kier alpha value is -1.70. The SMILES string of the molecule is C=C1C(=O)OC2C=C3CCC4OC4(CC(OC(=O)C(C)C)C12)C(O)OC3. The minimum Gasteiger partial charge on any atom is -0.461 e. The van der Waals surface area contributed by atoms with E-state index in [4.69, 9.17) is 18.9 Å². The van der Waals surface area contributed by atoms with Gasteiger partial charge in [0.1, 0.15) is 17.8 Å². The summed E-state index contributed by atoms with van der Waals surface area (Å²) in [6.45, 7) is 7.61. The van der Waals surface area contributed by atoms with Crippen molar-refractivity contribution in [1.82, 2.24) is 0 Å². The van der Waals surface area contributed by atoms with E-state index in [2.05, 4.69) is 6.58 Å². The number of fused-ring (bicyclic) bond motifs is 4. The van der Waals surface area contributed by atoms with Crippen LogP contribution in [0, 0.1) is 11.8 Å². The summed E-state index contributed by atoms with van der Waals surface area (Å²) in [5.41, 5.74) is 0.305. The monoisotopic (exact) mass is 364 g/mol. The molecular weight excluding hydrogens is 340 g/mol. The number of ether oxygens (including phenoxy) is 4. The smallest absolute Gasteiger partial charge is 0.334 e. The zero-order valence-corrected chi connectivity index (χ0v) is 15.0. The Kier molecular flexibility index (Phi) is 4.21. The van der Waals surface area contributed by atoms with Crippen LogP contribution in [0.3, 0.4) is 0 Å². The van der Waals surface area contributed by atoms with Gasteiger partial charge >= 0.3 is 11.9 Å². The molecule has 2 bridgehead atoms. The van der Waals surface area contributed by atoms with Crippen LogP contribution in [0.2, 0.25) is 0 Å². The predicted octanol–water partition coefficient (Wildman–Crippen LogP) is 1.25. The molecule has 0 aromatic rings. The maximum absolute atomic E-state index is 12.3. The number of aliphatic hydroxyl groups is 1. The zero-order chi connectivity index (χ0) is 18.6. The minimum atomic E-state index is -1.11. The Bertz CT molecular complexity index is 681. The molecule has 4 aliphatic heterocycles. The maximum atomic E-state index is 12.3. The van der Waals surface area contributed by atoms with Crippen LogP contribution in [-0.4, -0.2) is 53.9 Å². The van der Waals surface area contributed by atoms with Crippen molar-refractivity contribution in [2.45, 2.75) is 63.3 Å². The highest BCUT2D eigenvalue weighted by atomic mass is 16.7. The highest BCUT2D eigenvalue weighted by Crippen LogP contribution is 2.51. The second-order valence-corrected chi connectivity index (χ2v) is 7.84. The Balaban J connectivity index is 1.75. The Morgan fingerprint density at radius 3 is 2.96 bits per heavy atom. The van der Waals surface area contributed by atoms with Gasteiger partial charge in [0.05, 0.1) is 24.5 Å². The summed E-state index contributed by atoms with van der Waals surface area (Å²) in [7, 11) is 0. The summed E-state index contributed by atoms with van der Waals surface area (Å²) in [5.74, 6) is -1.67. The lowest BCUT2D eigenvalue weighted by molar-refractivity contribution is -0.168. The van der Waals surface area contributed by atoms with E-state index >= 15 is 0 Å². The lowest BCUT2D eigenvalue weighted by Crippen LogP contribution is -2.45. The Labute approximate surface area is 151 Å². The lowest BCUT2D eigenvalue weighted by atomic mass is 9.81. The molecule has 26 heavy (non-hydrogen) atoms. The third-order valence-corrected chi connectivity index (χ3v) is 5.74. The van der Waals surface area contributed by atoms with Crippen LogP contribution in [-0.2, 0) is 28.5 Å². The molecule has 0 amide bonds. The van der Waals surface area contributed by atoms with E-state index < -0.39 is 36.0 Å². The van der Waals surface area contributed by atoms with Crippen molar-refractivity contribution in [1.29, 1.82) is 0 Å². The van der Waals surface area contributed by atoms with Gasteiger partial charge < -0.3 is 24.1 Å². The average Bonchev–Trinajstić information content (AvgIpc) is 3.20. The number of epoxide rings is 1. The molecule has 0 aromatic carbocycles. The van der Waals surface area contributed by atoms with Gasteiger partial charge in [-0.25, -0.2) is 4.79 Å².